The van der Waals surface area contributed by atoms with Crippen LogP contribution in [0.5, 0.6) is 0 Å². The first kappa shape index (κ1) is 13.9. The van der Waals surface area contributed by atoms with Crippen LogP contribution in [0.2, 0.25) is 0 Å². The van der Waals surface area contributed by atoms with Crippen molar-refractivity contribution in [3.63, 3.8) is 0 Å². The third-order valence-corrected chi connectivity index (χ3v) is 3.16. The number of nitrogens with one attached hydrogen (secondary N) is 1. The summed E-state index contributed by atoms with van der Waals surface area (Å²) in [5.74, 6) is 0. The molecule has 2 heterocycles. The highest BCUT2D eigenvalue weighted by Gasteiger charge is 2.39. The molecular weight excluding hydrogens is 256 g/mol. The summed E-state index contributed by atoms with van der Waals surface area (Å²) in [6.07, 6.45) is -2.54. The number of aromatic nitrogens is 2. The van der Waals surface area contributed by atoms with E-state index in [1.165, 1.54) is 6.20 Å². The second-order valence-corrected chi connectivity index (χ2v) is 4.59. The standard InChI is InChI=1S/C11H16N2O6/c1-5-3-13(11(18)12-10(5)17)8-2-6(15)9(19-8)7(16)4-14/h3,6-9,14-16H,2,4H2,1H3,(H,12,17,18)/t6-,7-,8+,9-/m0/s1. The minimum atomic E-state index is -1.22. The maximum atomic E-state index is 11.7. The van der Waals surface area contributed by atoms with Crippen molar-refractivity contribution in [1.29, 1.82) is 0 Å². The number of hydrogen-bond acceptors (Lipinski definition) is 6. The topological polar surface area (TPSA) is 125 Å². The summed E-state index contributed by atoms with van der Waals surface area (Å²) >= 11 is 0. The molecule has 8 heteroatoms. The van der Waals surface area contributed by atoms with Crippen molar-refractivity contribution in [3.05, 3.63) is 32.6 Å². The summed E-state index contributed by atoms with van der Waals surface area (Å²) in [6.45, 7) is 0.994. The SMILES string of the molecule is Cc1cn([C@H]2C[C@H](O)[C@@H]([C@@H](O)CO)O2)c(=O)[nH]c1=O. The van der Waals surface area contributed by atoms with Gasteiger partial charge in [0.2, 0.25) is 0 Å². The number of aliphatic hydroxyl groups excluding tert-OH is 3. The number of H-pyrrole nitrogens is 1. The number of aryl methyl sites for hydroxylation is 1. The van der Waals surface area contributed by atoms with E-state index in [-0.39, 0.29) is 6.42 Å². The summed E-state index contributed by atoms with van der Waals surface area (Å²) in [5, 5.41) is 28.1. The minimum Gasteiger partial charge on any atom is -0.394 e. The Balaban J connectivity index is 2.28. The first-order valence-electron chi connectivity index (χ1n) is 5.88. The highest BCUT2D eigenvalue weighted by atomic mass is 16.5. The lowest BCUT2D eigenvalue weighted by molar-refractivity contribution is -0.0965. The fourth-order valence-electron chi connectivity index (χ4n) is 2.10. The highest BCUT2D eigenvalue weighted by molar-refractivity contribution is 5.02. The molecule has 1 aliphatic rings. The summed E-state index contributed by atoms with van der Waals surface area (Å²) < 4.78 is 6.53. The summed E-state index contributed by atoms with van der Waals surface area (Å²) in [5.41, 5.74) is -0.789. The zero-order chi connectivity index (χ0) is 14.2. The van der Waals surface area contributed by atoms with E-state index in [1.54, 1.807) is 6.92 Å². The zero-order valence-corrected chi connectivity index (χ0v) is 10.3. The first-order chi connectivity index (χ1) is 8.93. The molecule has 0 aromatic carbocycles. The van der Waals surface area contributed by atoms with E-state index >= 15 is 0 Å². The molecule has 19 heavy (non-hydrogen) atoms. The van der Waals surface area contributed by atoms with Gasteiger partial charge >= 0.3 is 5.69 Å². The second-order valence-electron chi connectivity index (χ2n) is 4.59. The third-order valence-electron chi connectivity index (χ3n) is 3.16. The lowest BCUT2D eigenvalue weighted by Gasteiger charge is -2.19. The molecule has 0 amide bonds. The molecule has 0 saturated carbocycles. The van der Waals surface area contributed by atoms with Gasteiger partial charge in [0.05, 0.1) is 12.7 Å². The van der Waals surface area contributed by atoms with Gasteiger partial charge in [0, 0.05) is 18.2 Å². The van der Waals surface area contributed by atoms with Crippen molar-refractivity contribution < 1.29 is 20.1 Å². The first-order valence-corrected chi connectivity index (χ1v) is 5.88. The van der Waals surface area contributed by atoms with Crippen molar-refractivity contribution in [1.82, 2.24) is 9.55 Å². The number of ether oxygens (including phenoxy) is 1. The lowest BCUT2D eigenvalue weighted by Crippen LogP contribution is -2.37. The maximum Gasteiger partial charge on any atom is 0.330 e. The average molecular weight is 272 g/mol. The molecule has 1 aromatic heterocycles. The Morgan fingerprint density at radius 1 is 1.58 bits per heavy atom. The van der Waals surface area contributed by atoms with Gasteiger partial charge in [-0.15, -0.1) is 0 Å². The molecule has 1 fully saturated rings. The molecular formula is C11H16N2O6. The van der Waals surface area contributed by atoms with E-state index in [0.29, 0.717) is 5.56 Å². The number of aliphatic hydroxyl groups is 3. The summed E-state index contributed by atoms with van der Waals surface area (Å²) in [4.78, 5) is 25.1. The van der Waals surface area contributed by atoms with Crippen molar-refractivity contribution in [2.45, 2.75) is 37.9 Å². The van der Waals surface area contributed by atoms with Crippen molar-refractivity contribution in [2.75, 3.05) is 6.61 Å². The number of rotatable bonds is 3. The van der Waals surface area contributed by atoms with Crippen molar-refractivity contribution in [2.24, 2.45) is 0 Å². The van der Waals surface area contributed by atoms with Crippen LogP contribution in [-0.4, -0.2) is 49.8 Å². The number of hydrogen-bond donors (Lipinski definition) is 4. The number of nitrogens with zero attached hydrogens (tertiary/aromatic N) is 1. The van der Waals surface area contributed by atoms with E-state index in [2.05, 4.69) is 4.98 Å². The molecule has 0 radical (unpaired) electrons. The van der Waals surface area contributed by atoms with Gasteiger partial charge in [-0.25, -0.2) is 4.79 Å². The van der Waals surface area contributed by atoms with Crippen molar-refractivity contribution in [3.8, 4) is 0 Å². The monoisotopic (exact) mass is 272 g/mol. The van der Waals surface area contributed by atoms with Gasteiger partial charge in [0.1, 0.15) is 18.4 Å². The third kappa shape index (κ3) is 2.61. The van der Waals surface area contributed by atoms with Crippen LogP contribution in [0.3, 0.4) is 0 Å². The molecule has 1 saturated heterocycles. The minimum absolute atomic E-state index is 0.0904. The van der Waals surface area contributed by atoms with Crippen LogP contribution in [0.25, 0.3) is 0 Å². The molecule has 1 aliphatic heterocycles. The Hall–Kier alpha value is -1.48. The molecule has 8 nitrogen and oxygen atoms in total. The summed E-state index contributed by atoms with van der Waals surface area (Å²) in [6, 6.07) is 0. The normalized spacial score (nSPS) is 28.5. The Morgan fingerprint density at radius 3 is 2.89 bits per heavy atom. The smallest absolute Gasteiger partial charge is 0.330 e. The highest BCUT2D eigenvalue weighted by Crippen LogP contribution is 2.29. The van der Waals surface area contributed by atoms with Crippen LogP contribution < -0.4 is 11.2 Å². The predicted molar refractivity (Wildman–Crippen MR) is 63.7 cm³/mol. The van der Waals surface area contributed by atoms with Gasteiger partial charge in [0.25, 0.3) is 5.56 Å². The fraction of sp³-hybridized carbons (Fsp3) is 0.636. The van der Waals surface area contributed by atoms with E-state index in [1.807, 2.05) is 0 Å². The molecule has 0 spiro atoms. The van der Waals surface area contributed by atoms with E-state index in [0.717, 1.165) is 4.57 Å². The fourth-order valence-corrected chi connectivity index (χ4v) is 2.10. The zero-order valence-electron chi connectivity index (χ0n) is 10.3. The lowest BCUT2D eigenvalue weighted by atomic mass is 10.1. The molecule has 4 N–H and O–H groups in total. The maximum absolute atomic E-state index is 11.7. The quantitative estimate of drug-likeness (QED) is 0.497. The average Bonchev–Trinajstić information content (AvgIpc) is 2.75. The Bertz CT molecular complexity index is 565. The molecule has 0 bridgehead atoms. The molecule has 1 aromatic rings. The van der Waals surface area contributed by atoms with Crippen molar-refractivity contribution >= 4 is 0 Å². The van der Waals surface area contributed by atoms with Crippen LogP contribution in [0.4, 0.5) is 0 Å². The Labute approximate surface area is 107 Å². The van der Waals surface area contributed by atoms with Gasteiger partial charge in [-0.05, 0) is 6.92 Å². The van der Waals surface area contributed by atoms with E-state index in [9.17, 15) is 19.8 Å². The number of aromatic amines is 1. The second kappa shape index (κ2) is 5.25. The molecule has 0 aliphatic carbocycles. The Morgan fingerprint density at radius 2 is 2.26 bits per heavy atom. The van der Waals surface area contributed by atoms with Gasteiger partial charge in [-0.1, -0.05) is 0 Å². The van der Waals surface area contributed by atoms with E-state index in [4.69, 9.17) is 9.84 Å². The molecule has 4 atom stereocenters. The predicted octanol–water partition coefficient (Wildman–Crippen LogP) is -2.15. The van der Waals surface area contributed by atoms with Crippen LogP contribution in [0.1, 0.15) is 18.2 Å². The Kier molecular flexibility index (Phi) is 3.85. The van der Waals surface area contributed by atoms with Crippen LogP contribution in [0.15, 0.2) is 15.8 Å². The summed E-state index contributed by atoms with van der Waals surface area (Å²) in [7, 11) is 0. The van der Waals surface area contributed by atoms with Gasteiger partial charge in [0.15, 0.2) is 0 Å². The molecule has 2 rings (SSSR count). The van der Waals surface area contributed by atoms with E-state index < -0.39 is 42.4 Å². The van der Waals surface area contributed by atoms with Gasteiger partial charge in [-0.3, -0.25) is 14.3 Å². The molecule has 0 unspecified atom stereocenters. The van der Waals surface area contributed by atoms with Crippen LogP contribution in [0, 0.1) is 6.92 Å². The van der Waals surface area contributed by atoms with Crippen LogP contribution >= 0.6 is 0 Å². The largest absolute Gasteiger partial charge is 0.394 e. The van der Waals surface area contributed by atoms with Gasteiger partial charge in [-0.2, -0.15) is 0 Å². The van der Waals surface area contributed by atoms with Gasteiger partial charge < -0.3 is 20.1 Å². The van der Waals surface area contributed by atoms with Crippen LogP contribution in [-0.2, 0) is 4.74 Å². The molecule has 106 valence electrons.